The Hall–Kier alpha value is -1.90. The van der Waals surface area contributed by atoms with E-state index in [9.17, 15) is 0 Å². The van der Waals surface area contributed by atoms with Crippen LogP contribution in [0.2, 0.25) is 0 Å². The largest absolute Gasteiger partial charge is 0.229 e. The third-order valence-corrected chi connectivity index (χ3v) is 5.34. The summed E-state index contributed by atoms with van der Waals surface area (Å²) in [5, 5.41) is 12.9. The van der Waals surface area contributed by atoms with Gasteiger partial charge in [-0.3, -0.25) is 0 Å². The van der Waals surface area contributed by atoms with Crippen LogP contribution in [0.5, 0.6) is 0 Å². The van der Waals surface area contributed by atoms with E-state index in [-0.39, 0.29) is 0 Å². The number of hydrogen-bond acceptors (Lipinski definition) is 5. The lowest BCUT2D eigenvalue weighted by molar-refractivity contribution is 1.10. The standard InChI is InChI=1S/C17H15N3S2/c1-2-12-4-6-13(7-5-12)14-10-22-17-15(14)16(19-11-20-17)21-9-3-8-18/h4-7,10-11H,2-3,9H2,1H3. The van der Waals surface area contributed by atoms with Gasteiger partial charge in [-0.25, -0.2) is 9.97 Å². The zero-order valence-corrected chi connectivity index (χ0v) is 13.9. The van der Waals surface area contributed by atoms with Crippen LogP contribution in [0, 0.1) is 11.3 Å². The van der Waals surface area contributed by atoms with Gasteiger partial charge in [-0.1, -0.05) is 31.2 Å². The summed E-state index contributed by atoms with van der Waals surface area (Å²) in [7, 11) is 0. The van der Waals surface area contributed by atoms with E-state index in [2.05, 4.69) is 52.6 Å². The highest BCUT2D eigenvalue weighted by Crippen LogP contribution is 2.37. The first-order chi connectivity index (χ1) is 10.8. The van der Waals surface area contributed by atoms with Gasteiger partial charge in [0.05, 0.1) is 11.5 Å². The van der Waals surface area contributed by atoms with Crippen molar-refractivity contribution in [3.05, 3.63) is 41.5 Å². The maximum Gasteiger partial charge on any atom is 0.128 e. The van der Waals surface area contributed by atoms with Crippen LogP contribution in [-0.2, 0) is 6.42 Å². The van der Waals surface area contributed by atoms with Crippen molar-refractivity contribution in [3.8, 4) is 17.2 Å². The highest BCUT2D eigenvalue weighted by molar-refractivity contribution is 7.99. The van der Waals surface area contributed by atoms with Crippen molar-refractivity contribution in [1.29, 1.82) is 5.26 Å². The molecule has 2 heterocycles. The van der Waals surface area contributed by atoms with Crippen molar-refractivity contribution >= 4 is 33.3 Å². The van der Waals surface area contributed by atoms with Gasteiger partial charge in [0.2, 0.25) is 0 Å². The molecular formula is C17H15N3S2. The van der Waals surface area contributed by atoms with Crippen LogP contribution < -0.4 is 0 Å². The van der Waals surface area contributed by atoms with Crippen LogP contribution in [-0.4, -0.2) is 15.7 Å². The molecule has 0 N–H and O–H groups in total. The zero-order valence-electron chi connectivity index (χ0n) is 12.2. The van der Waals surface area contributed by atoms with Crippen LogP contribution in [0.4, 0.5) is 0 Å². The predicted octanol–water partition coefficient (Wildman–Crippen LogP) is 4.93. The summed E-state index contributed by atoms with van der Waals surface area (Å²) in [5.74, 6) is 0.757. The lowest BCUT2D eigenvalue weighted by Crippen LogP contribution is -1.87. The van der Waals surface area contributed by atoms with E-state index in [0.29, 0.717) is 6.42 Å². The molecule has 2 aromatic heterocycles. The van der Waals surface area contributed by atoms with Gasteiger partial charge in [0.15, 0.2) is 0 Å². The molecule has 0 amide bonds. The molecule has 3 aromatic rings. The highest BCUT2D eigenvalue weighted by atomic mass is 32.2. The van der Waals surface area contributed by atoms with E-state index in [0.717, 1.165) is 27.4 Å². The number of thioether (sulfide) groups is 1. The molecule has 3 nitrogen and oxygen atoms in total. The molecule has 110 valence electrons. The van der Waals surface area contributed by atoms with E-state index in [4.69, 9.17) is 5.26 Å². The molecule has 1 aromatic carbocycles. The molecular weight excluding hydrogens is 310 g/mol. The smallest absolute Gasteiger partial charge is 0.128 e. The maximum absolute atomic E-state index is 8.71. The SMILES string of the molecule is CCc1ccc(-c2csc3ncnc(SCCC#N)c23)cc1. The van der Waals surface area contributed by atoms with Gasteiger partial charge < -0.3 is 0 Å². The molecule has 22 heavy (non-hydrogen) atoms. The molecule has 0 fully saturated rings. The van der Waals surface area contributed by atoms with Crippen molar-refractivity contribution in [2.75, 3.05) is 5.75 Å². The van der Waals surface area contributed by atoms with Gasteiger partial charge in [0.25, 0.3) is 0 Å². The molecule has 0 saturated carbocycles. The Morgan fingerprint density at radius 1 is 1.23 bits per heavy atom. The summed E-state index contributed by atoms with van der Waals surface area (Å²) >= 11 is 3.27. The third kappa shape index (κ3) is 2.99. The van der Waals surface area contributed by atoms with Crippen LogP contribution in [0.25, 0.3) is 21.3 Å². The molecule has 0 aliphatic heterocycles. The first-order valence-electron chi connectivity index (χ1n) is 7.14. The lowest BCUT2D eigenvalue weighted by Gasteiger charge is -2.05. The number of fused-ring (bicyclic) bond motifs is 1. The summed E-state index contributed by atoms with van der Waals surface area (Å²) in [6.45, 7) is 2.16. The topological polar surface area (TPSA) is 49.6 Å². The van der Waals surface area contributed by atoms with Crippen LogP contribution >= 0.6 is 23.1 Å². The Morgan fingerprint density at radius 2 is 2.05 bits per heavy atom. The van der Waals surface area contributed by atoms with Crippen LogP contribution in [0.3, 0.4) is 0 Å². The van der Waals surface area contributed by atoms with E-state index in [1.54, 1.807) is 29.4 Å². The summed E-state index contributed by atoms with van der Waals surface area (Å²) in [6.07, 6.45) is 3.18. The summed E-state index contributed by atoms with van der Waals surface area (Å²) in [5.41, 5.74) is 3.71. The first kappa shape index (κ1) is 15.0. The maximum atomic E-state index is 8.71. The Balaban J connectivity index is 2.03. The molecule has 5 heteroatoms. The summed E-state index contributed by atoms with van der Waals surface area (Å²) < 4.78 is 0. The van der Waals surface area contributed by atoms with Crippen molar-refractivity contribution in [3.63, 3.8) is 0 Å². The number of benzene rings is 1. The molecule has 0 unspecified atom stereocenters. The number of aromatic nitrogens is 2. The zero-order chi connectivity index (χ0) is 15.4. The third-order valence-electron chi connectivity index (χ3n) is 3.46. The predicted molar refractivity (Wildman–Crippen MR) is 93.2 cm³/mol. The van der Waals surface area contributed by atoms with Gasteiger partial charge in [0.1, 0.15) is 16.2 Å². The first-order valence-corrected chi connectivity index (χ1v) is 9.01. The molecule has 0 aliphatic carbocycles. The van der Waals surface area contributed by atoms with Crippen molar-refractivity contribution in [2.45, 2.75) is 24.8 Å². The van der Waals surface area contributed by atoms with E-state index >= 15 is 0 Å². The minimum atomic E-state index is 0.529. The molecule has 3 rings (SSSR count). The molecule has 0 atom stereocenters. The Labute approximate surface area is 138 Å². The van der Waals surface area contributed by atoms with Crippen LogP contribution in [0.1, 0.15) is 18.9 Å². The lowest BCUT2D eigenvalue weighted by atomic mass is 10.0. The number of thiophene rings is 1. The minimum absolute atomic E-state index is 0.529. The number of aryl methyl sites for hydroxylation is 1. The number of nitriles is 1. The van der Waals surface area contributed by atoms with Crippen LogP contribution in [0.15, 0.2) is 41.0 Å². The number of hydrogen-bond donors (Lipinski definition) is 0. The fraction of sp³-hybridized carbons (Fsp3) is 0.235. The van der Waals surface area contributed by atoms with Crippen molar-refractivity contribution < 1.29 is 0 Å². The van der Waals surface area contributed by atoms with Gasteiger partial charge in [-0.15, -0.1) is 23.1 Å². The normalized spacial score (nSPS) is 10.7. The highest BCUT2D eigenvalue weighted by Gasteiger charge is 2.13. The fourth-order valence-electron chi connectivity index (χ4n) is 2.28. The quantitative estimate of drug-likeness (QED) is 0.379. The average molecular weight is 325 g/mol. The average Bonchev–Trinajstić information content (AvgIpc) is 3.00. The molecule has 0 radical (unpaired) electrons. The second-order valence-corrected chi connectivity index (χ2v) is 6.76. The minimum Gasteiger partial charge on any atom is -0.229 e. The molecule has 0 spiro atoms. The second-order valence-electron chi connectivity index (χ2n) is 4.82. The van der Waals surface area contributed by atoms with E-state index in [1.807, 2.05) is 0 Å². The Bertz CT molecular complexity index is 816. The van der Waals surface area contributed by atoms with Gasteiger partial charge >= 0.3 is 0 Å². The summed E-state index contributed by atoms with van der Waals surface area (Å²) in [4.78, 5) is 9.80. The molecule has 0 aliphatic rings. The number of nitrogens with zero attached hydrogens (tertiary/aromatic N) is 3. The fourth-order valence-corrected chi connectivity index (χ4v) is 4.12. The van der Waals surface area contributed by atoms with Crippen molar-refractivity contribution in [2.24, 2.45) is 0 Å². The molecule has 0 saturated heterocycles. The second kappa shape index (κ2) is 6.91. The monoisotopic (exact) mass is 325 g/mol. The molecule has 0 bridgehead atoms. The van der Waals surface area contributed by atoms with Gasteiger partial charge in [-0.05, 0) is 17.5 Å². The summed E-state index contributed by atoms with van der Waals surface area (Å²) in [6, 6.07) is 10.8. The van der Waals surface area contributed by atoms with Gasteiger partial charge in [0, 0.05) is 23.1 Å². The Kier molecular flexibility index (Phi) is 4.71. The van der Waals surface area contributed by atoms with E-state index in [1.165, 1.54) is 16.7 Å². The van der Waals surface area contributed by atoms with Crippen molar-refractivity contribution in [1.82, 2.24) is 9.97 Å². The Morgan fingerprint density at radius 3 is 2.77 bits per heavy atom. The van der Waals surface area contributed by atoms with E-state index < -0.39 is 0 Å². The van der Waals surface area contributed by atoms with Gasteiger partial charge in [-0.2, -0.15) is 5.26 Å². The number of rotatable bonds is 5.